The zero-order valence-electron chi connectivity index (χ0n) is 14.2. The van der Waals surface area contributed by atoms with Crippen molar-refractivity contribution in [3.05, 3.63) is 35.9 Å². The number of carbonyl (C=O) groups excluding carboxylic acids is 2. The van der Waals surface area contributed by atoms with E-state index in [4.69, 9.17) is 9.84 Å². The van der Waals surface area contributed by atoms with Crippen LogP contribution in [0.5, 0.6) is 0 Å². The molecule has 132 valence electrons. The van der Waals surface area contributed by atoms with Crippen LogP contribution in [0.2, 0.25) is 0 Å². The van der Waals surface area contributed by atoms with Crippen LogP contribution in [0.3, 0.4) is 0 Å². The summed E-state index contributed by atoms with van der Waals surface area (Å²) in [5.41, 5.74) is 0.188. The molecule has 0 aliphatic carbocycles. The summed E-state index contributed by atoms with van der Waals surface area (Å²) in [4.78, 5) is 34.7. The SMILES string of the molecule is CC(C)(C)OC(=O)N[C@H](Cc1ccccc1)C(=O)NCCC(=O)O. The molecule has 7 nitrogen and oxygen atoms in total. The van der Waals surface area contributed by atoms with E-state index in [1.165, 1.54) is 0 Å². The third-order valence-electron chi connectivity index (χ3n) is 2.93. The first kappa shape index (κ1) is 19.5. The number of hydrogen-bond acceptors (Lipinski definition) is 4. The minimum Gasteiger partial charge on any atom is -0.481 e. The number of benzene rings is 1. The Bertz CT molecular complexity index is 566. The number of rotatable bonds is 7. The molecule has 1 atom stereocenters. The van der Waals surface area contributed by atoms with Gasteiger partial charge in [0.2, 0.25) is 5.91 Å². The van der Waals surface area contributed by atoms with Crippen molar-refractivity contribution in [3.63, 3.8) is 0 Å². The largest absolute Gasteiger partial charge is 0.481 e. The van der Waals surface area contributed by atoms with Gasteiger partial charge in [-0.1, -0.05) is 30.3 Å². The highest BCUT2D eigenvalue weighted by molar-refractivity contribution is 5.86. The van der Waals surface area contributed by atoms with Gasteiger partial charge in [0.1, 0.15) is 11.6 Å². The van der Waals surface area contributed by atoms with Crippen molar-refractivity contribution in [2.45, 2.75) is 45.3 Å². The molecule has 0 saturated carbocycles. The van der Waals surface area contributed by atoms with Crippen molar-refractivity contribution in [2.24, 2.45) is 0 Å². The van der Waals surface area contributed by atoms with E-state index in [0.717, 1.165) is 5.56 Å². The summed E-state index contributed by atoms with van der Waals surface area (Å²) in [5, 5.41) is 13.7. The second-order valence-corrected chi connectivity index (χ2v) is 6.32. The number of carbonyl (C=O) groups is 3. The number of amides is 2. The van der Waals surface area contributed by atoms with Crippen LogP contribution in [0.4, 0.5) is 4.79 Å². The molecule has 0 aromatic heterocycles. The molecule has 2 amide bonds. The fourth-order valence-corrected chi connectivity index (χ4v) is 1.92. The maximum absolute atomic E-state index is 12.3. The van der Waals surface area contributed by atoms with Gasteiger partial charge in [0.05, 0.1) is 6.42 Å². The molecule has 7 heteroatoms. The number of aliphatic carboxylic acids is 1. The average Bonchev–Trinajstić information content (AvgIpc) is 2.45. The predicted octanol–water partition coefficient (Wildman–Crippen LogP) is 1.71. The van der Waals surface area contributed by atoms with Gasteiger partial charge < -0.3 is 20.5 Å². The van der Waals surface area contributed by atoms with Crippen LogP contribution in [0, 0.1) is 0 Å². The summed E-state index contributed by atoms with van der Waals surface area (Å²) in [7, 11) is 0. The molecule has 0 bridgehead atoms. The van der Waals surface area contributed by atoms with Gasteiger partial charge in [-0.25, -0.2) is 4.79 Å². The Labute approximate surface area is 141 Å². The second-order valence-electron chi connectivity index (χ2n) is 6.32. The molecule has 0 fully saturated rings. The quantitative estimate of drug-likeness (QED) is 0.703. The molecule has 0 saturated heterocycles. The van der Waals surface area contributed by atoms with Crippen LogP contribution in [-0.4, -0.2) is 41.3 Å². The van der Waals surface area contributed by atoms with E-state index < -0.39 is 29.6 Å². The number of carboxylic acids is 1. The van der Waals surface area contributed by atoms with Gasteiger partial charge in [-0.3, -0.25) is 9.59 Å². The summed E-state index contributed by atoms with van der Waals surface area (Å²) in [6.07, 6.45) is -0.605. The van der Waals surface area contributed by atoms with E-state index in [2.05, 4.69) is 10.6 Å². The molecule has 0 spiro atoms. The molecule has 0 aliphatic heterocycles. The smallest absolute Gasteiger partial charge is 0.408 e. The van der Waals surface area contributed by atoms with Gasteiger partial charge in [0, 0.05) is 13.0 Å². The number of alkyl carbamates (subject to hydrolysis) is 1. The Morgan fingerprint density at radius 2 is 1.79 bits per heavy atom. The zero-order chi connectivity index (χ0) is 18.2. The summed E-state index contributed by atoms with van der Waals surface area (Å²) in [5.74, 6) is -1.46. The van der Waals surface area contributed by atoms with E-state index in [1.54, 1.807) is 20.8 Å². The van der Waals surface area contributed by atoms with E-state index in [-0.39, 0.29) is 19.4 Å². The molecule has 24 heavy (non-hydrogen) atoms. The lowest BCUT2D eigenvalue weighted by atomic mass is 10.1. The van der Waals surface area contributed by atoms with E-state index >= 15 is 0 Å². The first-order valence-corrected chi connectivity index (χ1v) is 7.70. The van der Waals surface area contributed by atoms with Gasteiger partial charge in [0.25, 0.3) is 0 Å². The monoisotopic (exact) mass is 336 g/mol. The van der Waals surface area contributed by atoms with Crippen LogP contribution >= 0.6 is 0 Å². The van der Waals surface area contributed by atoms with E-state index in [1.807, 2.05) is 30.3 Å². The summed E-state index contributed by atoms with van der Waals surface area (Å²) in [6.45, 7) is 5.18. The van der Waals surface area contributed by atoms with Crippen molar-refractivity contribution in [1.82, 2.24) is 10.6 Å². The Kier molecular flexibility index (Phi) is 7.23. The molecule has 1 aromatic rings. The molecular formula is C17H24N2O5. The van der Waals surface area contributed by atoms with Crippen molar-refractivity contribution < 1.29 is 24.2 Å². The lowest BCUT2D eigenvalue weighted by Gasteiger charge is -2.23. The molecule has 3 N–H and O–H groups in total. The molecule has 1 rings (SSSR count). The fourth-order valence-electron chi connectivity index (χ4n) is 1.92. The van der Waals surface area contributed by atoms with E-state index in [0.29, 0.717) is 0 Å². The maximum Gasteiger partial charge on any atom is 0.408 e. The lowest BCUT2D eigenvalue weighted by molar-refractivity contribution is -0.137. The number of nitrogens with one attached hydrogen (secondary N) is 2. The lowest BCUT2D eigenvalue weighted by Crippen LogP contribution is -2.49. The van der Waals surface area contributed by atoms with Crippen LogP contribution in [0.25, 0.3) is 0 Å². The van der Waals surface area contributed by atoms with Gasteiger partial charge in [-0.2, -0.15) is 0 Å². The number of carboxylic acid groups (broad SMARTS) is 1. The predicted molar refractivity (Wildman–Crippen MR) is 88.6 cm³/mol. The third-order valence-corrected chi connectivity index (χ3v) is 2.93. The highest BCUT2D eigenvalue weighted by Gasteiger charge is 2.24. The molecule has 1 aromatic carbocycles. The molecular weight excluding hydrogens is 312 g/mol. The Morgan fingerprint density at radius 1 is 1.17 bits per heavy atom. The van der Waals surface area contributed by atoms with Gasteiger partial charge in [0.15, 0.2) is 0 Å². The summed E-state index contributed by atoms with van der Waals surface area (Å²) < 4.78 is 5.17. The van der Waals surface area contributed by atoms with Crippen molar-refractivity contribution in [1.29, 1.82) is 0 Å². The molecule has 0 radical (unpaired) electrons. The Balaban J connectivity index is 2.73. The maximum atomic E-state index is 12.3. The second kappa shape index (κ2) is 8.90. The highest BCUT2D eigenvalue weighted by atomic mass is 16.6. The van der Waals surface area contributed by atoms with Crippen LogP contribution in [0.15, 0.2) is 30.3 Å². The average molecular weight is 336 g/mol. The Hall–Kier alpha value is -2.57. The third kappa shape index (κ3) is 8.17. The van der Waals surface area contributed by atoms with Crippen LogP contribution in [-0.2, 0) is 20.7 Å². The van der Waals surface area contributed by atoms with Crippen molar-refractivity contribution in [2.75, 3.05) is 6.54 Å². The zero-order valence-corrected chi connectivity index (χ0v) is 14.2. The normalized spacial score (nSPS) is 12.1. The molecule has 0 unspecified atom stereocenters. The summed E-state index contributed by atoms with van der Waals surface area (Å²) in [6, 6.07) is 8.36. The van der Waals surface area contributed by atoms with Gasteiger partial charge in [-0.15, -0.1) is 0 Å². The van der Waals surface area contributed by atoms with E-state index in [9.17, 15) is 14.4 Å². The first-order chi connectivity index (χ1) is 11.2. The standard InChI is InChI=1S/C17H24N2O5/c1-17(2,3)24-16(23)19-13(11-12-7-5-4-6-8-12)15(22)18-10-9-14(20)21/h4-8,13H,9-11H2,1-3H3,(H,18,22)(H,19,23)(H,20,21)/t13-/m1/s1. The van der Waals surface area contributed by atoms with Crippen molar-refractivity contribution >= 4 is 18.0 Å². The van der Waals surface area contributed by atoms with Crippen molar-refractivity contribution in [3.8, 4) is 0 Å². The topological polar surface area (TPSA) is 105 Å². The minimum atomic E-state index is -1.00. The summed E-state index contributed by atoms with van der Waals surface area (Å²) >= 11 is 0. The highest BCUT2D eigenvalue weighted by Crippen LogP contribution is 2.08. The van der Waals surface area contributed by atoms with Gasteiger partial charge >= 0.3 is 12.1 Å². The van der Waals surface area contributed by atoms with Crippen LogP contribution < -0.4 is 10.6 Å². The molecule has 0 aliphatic rings. The van der Waals surface area contributed by atoms with Gasteiger partial charge in [-0.05, 0) is 26.3 Å². The minimum absolute atomic E-state index is 0.00451. The molecule has 0 heterocycles. The van der Waals surface area contributed by atoms with Crippen LogP contribution in [0.1, 0.15) is 32.8 Å². The fraction of sp³-hybridized carbons (Fsp3) is 0.471. The number of ether oxygens (including phenoxy) is 1. The first-order valence-electron chi connectivity index (χ1n) is 7.70. The number of hydrogen-bond donors (Lipinski definition) is 3. The Morgan fingerprint density at radius 3 is 2.33 bits per heavy atom.